The lowest BCUT2D eigenvalue weighted by molar-refractivity contribution is 0.0162. The van der Waals surface area contributed by atoms with Gasteiger partial charge in [0.15, 0.2) is 0 Å². The van der Waals surface area contributed by atoms with Gasteiger partial charge in [0.25, 0.3) is 5.91 Å². The number of nitrogens with one attached hydrogen (secondary N) is 1. The molecule has 0 saturated carbocycles. The molecule has 2 heterocycles. The zero-order valence-corrected chi connectivity index (χ0v) is 16.5. The van der Waals surface area contributed by atoms with Gasteiger partial charge >= 0.3 is 0 Å². The SMILES string of the molecule is COc1ccc(C(CNC(=O)c2ccc3ccccc3n2)N2CCOCC2)cc1. The quantitative estimate of drug-likeness (QED) is 0.700. The van der Waals surface area contributed by atoms with Gasteiger partial charge in [0, 0.05) is 25.0 Å². The van der Waals surface area contributed by atoms with E-state index in [4.69, 9.17) is 9.47 Å². The first-order valence-electron chi connectivity index (χ1n) is 9.84. The van der Waals surface area contributed by atoms with Gasteiger partial charge < -0.3 is 14.8 Å². The summed E-state index contributed by atoms with van der Waals surface area (Å²) >= 11 is 0. The zero-order valence-electron chi connectivity index (χ0n) is 16.5. The lowest BCUT2D eigenvalue weighted by atomic mass is 10.0. The molecule has 1 aliphatic heterocycles. The summed E-state index contributed by atoms with van der Waals surface area (Å²) in [5.41, 5.74) is 2.39. The Morgan fingerprint density at radius 3 is 2.62 bits per heavy atom. The van der Waals surface area contributed by atoms with E-state index in [0.717, 1.165) is 35.3 Å². The first-order valence-corrected chi connectivity index (χ1v) is 9.84. The molecule has 1 atom stereocenters. The molecule has 1 unspecified atom stereocenters. The van der Waals surface area contributed by atoms with Gasteiger partial charge in [-0.25, -0.2) is 4.98 Å². The molecule has 0 spiro atoms. The van der Waals surface area contributed by atoms with Crippen molar-refractivity contribution < 1.29 is 14.3 Å². The molecule has 1 amide bonds. The number of hydrogen-bond donors (Lipinski definition) is 1. The molecule has 0 radical (unpaired) electrons. The minimum absolute atomic E-state index is 0.0641. The lowest BCUT2D eigenvalue weighted by Crippen LogP contribution is -2.43. The molecule has 2 aromatic carbocycles. The molecule has 1 saturated heterocycles. The van der Waals surface area contributed by atoms with Gasteiger partial charge in [-0.15, -0.1) is 0 Å². The van der Waals surface area contributed by atoms with Gasteiger partial charge in [-0.3, -0.25) is 9.69 Å². The first kappa shape index (κ1) is 19.4. The van der Waals surface area contributed by atoms with Crippen molar-refractivity contribution >= 4 is 16.8 Å². The second-order valence-electron chi connectivity index (χ2n) is 7.04. The number of fused-ring (bicyclic) bond motifs is 1. The van der Waals surface area contributed by atoms with Crippen molar-refractivity contribution in [2.24, 2.45) is 0 Å². The maximum absolute atomic E-state index is 12.8. The number of rotatable bonds is 6. The summed E-state index contributed by atoms with van der Waals surface area (Å²) in [5.74, 6) is 0.654. The number of pyridine rings is 1. The molecule has 29 heavy (non-hydrogen) atoms. The average Bonchev–Trinajstić information content (AvgIpc) is 2.80. The highest BCUT2D eigenvalue weighted by Gasteiger charge is 2.23. The van der Waals surface area contributed by atoms with Gasteiger partial charge in [0.1, 0.15) is 11.4 Å². The van der Waals surface area contributed by atoms with Crippen LogP contribution in [0, 0.1) is 0 Å². The van der Waals surface area contributed by atoms with Crippen molar-refractivity contribution in [1.82, 2.24) is 15.2 Å². The smallest absolute Gasteiger partial charge is 0.269 e. The molecule has 1 aromatic heterocycles. The third-order valence-corrected chi connectivity index (χ3v) is 5.27. The van der Waals surface area contributed by atoms with Crippen LogP contribution in [0.15, 0.2) is 60.7 Å². The lowest BCUT2D eigenvalue weighted by Gasteiger charge is -2.35. The van der Waals surface area contributed by atoms with Crippen LogP contribution >= 0.6 is 0 Å². The molecule has 3 aromatic rings. The van der Waals surface area contributed by atoms with E-state index in [-0.39, 0.29) is 11.9 Å². The third-order valence-electron chi connectivity index (χ3n) is 5.27. The summed E-state index contributed by atoms with van der Waals surface area (Å²) < 4.78 is 10.8. The largest absolute Gasteiger partial charge is 0.497 e. The van der Waals surface area contributed by atoms with Gasteiger partial charge in [0.05, 0.1) is 31.9 Å². The number of carbonyl (C=O) groups is 1. The monoisotopic (exact) mass is 391 g/mol. The van der Waals surface area contributed by atoms with E-state index in [2.05, 4.69) is 27.3 Å². The van der Waals surface area contributed by atoms with Crippen LogP contribution in [0.3, 0.4) is 0 Å². The van der Waals surface area contributed by atoms with E-state index < -0.39 is 0 Å². The maximum Gasteiger partial charge on any atom is 0.269 e. The number of hydrogen-bond acceptors (Lipinski definition) is 5. The predicted octanol–water partition coefficient (Wildman–Crippen LogP) is 3.05. The topological polar surface area (TPSA) is 63.7 Å². The number of methoxy groups -OCH3 is 1. The minimum Gasteiger partial charge on any atom is -0.497 e. The number of carbonyl (C=O) groups excluding carboxylic acids is 1. The Labute approximate surface area is 170 Å². The van der Waals surface area contributed by atoms with Gasteiger partial charge in [-0.05, 0) is 29.8 Å². The van der Waals surface area contributed by atoms with Crippen LogP contribution in [0.4, 0.5) is 0 Å². The normalized spacial score (nSPS) is 15.8. The molecular weight excluding hydrogens is 366 g/mol. The van der Waals surface area contributed by atoms with E-state index in [1.165, 1.54) is 0 Å². The van der Waals surface area contributed by atoms with Crippen molar-refractivity contribution in [3.05, 3.63) is 71.9 Å². The molecule has 1 aliphatic rings. The van der Waals surface area contributed by atoms with Crippen LogP contribution in [0.1, 0.15) is 22.1 Å². The Balaban J connectivity index is 1.50. The third kappa shape index (κ3) is 4.55. The molecule has 1 fully saturated rings. The van der Waals surface area contributed by atoms with Crippen LogP contribution in [0.5, 0.6) is 5.75 Å². The average molecular weight is 391 g/mol. The number of benzene rings is 2. The van der Waals surface area contributed by atoms with Crippen LogP contribution in [-0.2, 0) is 4.74 Å². The van der Waals surface area contributed by atoms with Crippen molar-refractivity contribution in [2.45, 2.75) is 6.04 Å². The van der Waals surface area contributed by atoms with Crippen LogP contribution in [0.2, 0.25) is 0 Å². The molecule has 4 rings (SSSR count). The second kappa shape index (κ2) is 9.03. The number of amides is 1. The zero-order chi connectivity index (χ0) is 20.1. The van der Waals surface area contributed by atoms with Gasteiger partial charge in [0.2, 0.25) is 0 Å². The number of nitrogens with zero attached hydrogens (tertiary/aromatic N) is 2. The van der Waals surface area contributed by atoms with Crippen molar-refractivity contribution in [3.8, 4) is 5.75 Å². The van der Waals surface area contributed by atoms with E-state index in [1.54, 1.807) is 13.2 Å². The number of ether oxygens (including phenoxy) is 2. The summed E-state index contributed by atoms with van der Waals surface area (Å²) in [5, 5.41) is 4.09. The highest BCUT2D eigenvalue weighted by Crippen LogP contribution is 2.24. The van der Waals surface area contributed by atoms with Crippen LogP contribution < -0.4 is 10.1 Å². The highest BCUT2D eigenvalue weighted by molar-refractivity contribution is 5.94. The standard InChI is InChI=1S/C23H25N3O3/c1-28-19-9-6-18(7-10-19)22(26-12-14-29-15-13-26)16-24-23(27)21-11-8-17-4-2-3-5-20(17)25-21/h2-11,22H,12-16H2,1H3,(H,24,27). The Morgan fingerprint density at radius 1 is 1.10 bits per heavy atom. The van der Waals surface area contributed by atoms with Crippen molar-refractivity contribution in [3.63, 3.8) is 0 Å². The predicted molar refractivity (Wildman–Crippen MR) is 112 cm³/mol. The van der Waals surface area contributed by atoms with Crippen LogP contribution in [-0.4, -0.2) is 55.7 Å². The summed E-state index contributed by atoms with van der Waals surface area (Å²) in [6.07, 6.45) is 0. The fourth-order valence-electron chi connectivity index (χ4n) is 3.65. The Hall–Kier alpha value is -2.96. The van der Waals surface area contributed by atoms with Crippen molar-refractivity contribution in [1.29, 1.82) is 0 Å². The second-order valence-corrected chi connectivity index (χ2v) is 7.04. The number of aromatic nitrogens is 1. The van der Waals surface area contributed by atoms with E-state index in [9.17, 15) is 4.79 Å². The molecule has 1 N–H and O–H groups in total. The molecule has 150 valence electrons. The van der Waals surface area contributed by atoms with Gasteiger partial charge in [-0.1, -0.05) is 36.4 Å². The summed E-state index contributed by atoms with van der Waals surface area (Å²) in [4.78, 5) is 19.6. The highest BCUT2D eigenvalue weighted by atomic mass is 16.5. The van der Waals surface area contributed by atoms with E-state index >= 15 is 0 Å². The van der Waals surface area contributed by atoms with E-state index in [0.29, 0.717) is 25.5 Å². The van der Waals surface area contributed by atoms with Crippen molar-refractivity contribution in [2.75, 3.05) is 40.0 Å². The molecule has 0 aliphatic carbocycles. The Kier molecular flexibility index (Phi) is 6.03. The maximum atomic E-state index is 12.8. The van der Waals surface area contributed by atoms with E-state index in [1.807, 2.05) is 42.5 Å². The summed E-state index contributed by atoms with van der Waals surface area (Å²) in [6, 6.07) is 19.6. The molecule has 0 bridgehead atoms. The summed E-state index contributed by atoms with van der Waals surface area (Å²) in [6.45, 7) is 3.57. The Bertz CT molecular complexity index is 969. The molecular formula is C23H25N3O3. The van der Waals surface area contributed by atoms with Gasteiger partial charge in [-0.2, -0.15) is 0 Å². The minimum atomic E-state index is -0.164. The summed E-state index contributed by atoms with van der Waals surface area (Å²) in [7, 11) is 1.66. The van der Waals surface area contributed by atoms with Crippen LogP contribution in [0.25, 0.3) is 10.9 Å². The fourth-order valence-corrected chi connectivity index (χ4v) is 3.65. The number of para-hydroxylation sites is 1. The Morgan fingerprint density at radius 2 is 1.86 bits per heavy atom. The molecule has 6 nitrogen and oxygen atoms in total. The number of morpholine rings is 1. The molecule has 6 heteroatoms. The fraction of sp³-hybridized carbons (Fsp3) is 0.304. The first-order chi connectivity index (χ1) is 14.2.